The number of carbonyl (C=O) groups excluding carboxylic acids is 2. The van der Waals surface area contributed by atoms with E-state index in [-0.39, 0.29) is 17.7 Å². The summed E-state index contributed by atoms with van der Waals surface area (Å²) >= 11 is 1.65. The summed E-state index contributed by atoms with van der Waals surface area (Å²) < 4.78 is 0. The van der Waals surface area contributed by atoms with Gasteiger partial charge in [0.05, 0.1) is 0 Å². The second-order valence-electron chi connectivity index (χ2n) is 7.73. The van der Waals surface area contributed by atoms with Crippen molar-refractivity contribution in [2.45, 2.75) is 17.7 Å². The molecule has 158 valence electrons. The molecule has 0 bridgehead atoms. The third-order valence-electron chi connectivity index (χ3n) is 5.73. The molecular weight excluding hydrogens is 404 g/mol. The van der Waals surface area contributed by atoms with Crippen LogP contribution in [0.2, 0.25) is 0 Å². The van der Waals surface area contributed by atoms with E-state index in [1.54, 1.807) is 11.8 Å². The molecule has 3 aromatic rings. The number of anilines is 1. The van der Waals surface area contributed by atoms with Crippen molar-refractivity contribution in [2.75, 3.05) is 24.7 Å². The lowest BCUT2D eigenvalue weighted by atomic mass is 9.95. The number of piperidine rings is 1. The van der Waals surface area contributed by atoms with Crippen LogP contribution in [0.25, 0.3) is 11.1 Å². The standard InChI is InChI=1S/C26H26N2O2S/c1-31-24-9-5-8-23(18-24)27-25(29)21-14-16-28(17-15-21)26(30)22-12-10-20(11-13-22)19-6-3-2-4-7-19/h2-13,18,21H,14-17H2,1H3,(H,27,29). The molecule has 3 aromatic carbocycles. The number of benzene rings is 3. The molecule has 0 saturated carbocycles. The molecule has 2 amide bonds. The van der Waals surface area contributed by atoms with Gasteiger partial charge in [0.1, 0.15) is 0 Å². The van der Waals surface area contributed by atoms with Crippen LogP contribution in [0.3, 0.4) is 0 Å². The summed E-state index contributed by atoms with van der Waals surface area (Å²) in [6, 6.07) is 25.8. The van der Waals surface area contributed by atoms with E-state index < -0.39 is 0 Å². The number of hydrogen-bond donors (Lipinski definition) is 1. The minimum Gasteiger partial charge on any atom is -0.339 e. The minimum absolute atomic E-state index is 0.0335. The van der Waals surface area contributed by atoms with Crippen LogP contribution in [0.4, 0.5) is 5.69 Å². The van der Waals surface area contributed by atoms with Crippen molar-refractivity contribution in [3.63, 3.8) is 0 Å². The fourth-order valence-corrected chi connectivity index (χ4v) is 4.37. The number of rotatable bonds is 5. The Hall–Kier alpha value is -3.05. The molecule has 4 nitrogen and oxygen atoms in total. The molecule has 1 aliphatic rings. The second-order valence-corrected chi connectivity index (χ2v) is 8.61. The molecule has 0 aromatic heterocycles. The highest BCUT2D eigenvalue weighted by Crippen LogP contribution is 2.24. The van der Waals surface area contributed by atoms with Crippen LogP contribution in [0.15, 0.2) is 83.8 Å². The maximum atomic E-state index is 12.9. The van der Waals surface area contributed by atoms with Crippen LogP contribution in [0.1, 0.15) is 23.2 Å². The van der Waals surface area contributed by atoms with E-state index in [0.717, 1.165) is 21.7 Å². The maximum Gasteiger partial charge on any atom is 0.253 e. The zero-order valence-electron chi connectivity index (χ0n) is 17.6. The van der Waals surface area contributed by atoms with E-state index in [1.807, 2.05) is 77.9 Å². The predicted molar refractivity (Wildman–Crippen MR) is 127 cm³/mol. The Kier molecular flexibility index (Phi) is 6.73. The Labute approximate surface area is 187 Å². The van der Waals surface area contributed by atoms with Gasteiger partial charge in [-0.05, 0) is 60.6 Å². The topological polar surface area (TPSA) is 49.4 Å². The Bertz CT molecular complexity index is 1040. The summed E-state index contributed by atoms with van der Waals surface area (Å²) in [6.07, 6.45) is 3.38. The third-order valence-corrected chi connectivity index (χ3v) is 6.45. The molecular formula is C26H26N2O2S. The van der Waals surface area contributed by atoms with Crippen LogP contribution in [-0.4, -0.2) is 36.1 Å². The number of nitrogens with one attached hydrogen (secondary N) is 1. The van der Waals surface area contributed by atoms with Crippen LogP contribution >= 0.6 is 11.8 Å². The largest absolute Gasteiger partial charge is 0.339 e. The van der Waals surface area contributed by atoms with Gasteiger partial charge in [-0.3, -0.25) is 9.59 Å². The molecule has 0 unspecified atom stereocenters. The maximum absolute atomic E-state index is 12.9. The van der Waals surface area contributed by atoms with Crippen molar-refractivity contribution in [3.8, 4) is 11.1 Å². The number of hydrogen-bond acceptors (Lipinski definition) is 3. The lowest BCUT2D eigenvalue weighted by Crippen LogP contribution is -2.41. The van der Waals surface area contributed by atoms with Gasteiger partial charge in [-0.15, -0.1) is 11.8 Å². The first-order valence-electron chi connectivity index (χ1n) is 10.5. The Balaban J connectivity index is 1.32. The summed E-state index contributed by atoms with van der Waals surface area (Å²) in [7, 11) is 0. The van der Waals surface area contributed by atoms with Crippen LogP contribution in [0.5, 0.6) is 0 Å². The third kappa shape index (κ3) is 5.17. The molecule has 1 N–H and O–H groups in total. The fraction of sp³-hybridized carbons (Fsp3) is 0.231. The molecule has 31 heavy (non-hydrogen) atoms. The van der Waals surface area contributed by atoms with Crippen molar-refractivity contribution in [1.82, 2.24) is 4.90 Å². The van der Waals surface area contributed by atoms with E-state index in [0.29, 0.717) is 31.5 Å². The summed E-state index contributed by atoms with van der Waals surface area (Å²) in [5.41, 5.74) is 3.75. The molecule has 1 saturated heterocycles. The summed E-state index contributed by atoms with van der Waals surface area (Å²) in [4.78, 5) is 28.6. The van der Waals surface area contributed by atoms with Gasteiger partial charge in [0, 0.05) is 35.2 Å². The SMILES string of the molecule is CSc1cccc(NC(=O)C2CCN(C(=O)c3ccc(-c4ccccc4)cc3)CC2)c1. The Morgan fingerprint density at radius 1 is 0.871 bits per heavy atom. The van der Waals surface area contributed by atoms with Crippen molar-refractivity contribution in [1.29, 1.82) is 0 Å². The molecule has 0 aliphatic carbocycles. The number of carbonyl (C=O) groups is 2. The molecule has 1 heterocycles. The van der Waals surface area contributed by atoms with Crippen molar-refractivity contribution < 1.29 is 9.59 Å². The highest BCUT2D eigenvalue weighted by Gasteiger charge is 2.28. The van der Waals surface area contributed by atoms with Crippen molar-refractivity contribution in [3.05, 3.63) is 84.4 Å². The van der Waals surface area contributed by atoms with Crippen LogP contribution in [0, 0.1) is 5.92 Å². The molecule has 0 radical (unpaired) electrons. The lowest BCUT2D eigenvalue weighted by molar-refractivity contribution is -0.121. The van der Waals surface area contributed by atoms with Crippen LogP contribution < -0.4 is 5.32 Å². The molecule has 5 heteroatoms. The van der Waals surface area contributed by atoms with Crippen LogP contribution in [-0.2, 0) is 4.79 Å². The van der Waals surface area contributed by atoms with E-state index >= 15 is 0 Å². The number of likely N-dealkylation sites (tertiary alicyclic amines) is 1. The molecule has 0 spiro atoms. The van der Waals surface area contributed by atoms with Gasteiger partial charge in [-0.1, -0.05) is 48.5 Å². The number of thioether (sulfide) groups is 1. The lowest BCUT2D eigenvalue weighted by Gasteiger charge is -2.31. The minimum atomic E-state index is -0.0672. The van der Waals surface area contributed by atoms with E-state index in [2.05, 4.69) is 17.4 Å². The second kappa shape index (κ2) is 9.84. The van der Waals surface area contributed by atoms with E-state index in [9.17, 15) is 9.59 Å². The average molecular weight is 431 g/mol. The van der Waals surface area contributed by atoms with Crippen molar-refractivity contribution in [2.24, 2.45) is 5.92 Å². The van der Waals surface area contributed by atoms with Gasteiger partial charge in [0.2, 0.25) is 5.91 Å². The highest BCUT2D eigenvalue weighted by atomic mass is 32.2. The van der Waals surface area contributed by atoms with Gasteiger partial charge in [-0.25, -0.2) is 0 Å². The summed E-state index contributed by atoms with van der Waals surface area (Å²) in [6.45, 7) is 1.20. The van der Waals surface area contributed by atoms with Crippen molar-refractivity contribution >= 4 is 29.3 Å². The smallest absolute Gasteiger partial charge is 0.253 e. The summed E-state index contributed by atoms with van der Waals surface area (Å²) in [5, 5.41) is 3.03. The normalized spacial score (nSPS) is 14.3. The average Bonchev–Trinajstić information content (AvgIpc) is 2.84. The highest BCUT2D eigenvalue weighted by molar-refractivity contribution is 7.98. The Morgan fingerprint density at radius 2 is 1.55 bits per heavy atom. The molecule has 1 aliphatic heterocycles. The van der Waals surface area contributed by atoms with Gasteiger partial charge in [0.25, 0.3) is 5.91 Å². The molecule has 1 fully saturated rings. The first kappa shape index (κ1) is 21.2. The van der Waals surface area contributed by atoms with Gasteiger partial charge in [0.15, 0.2) is 0 Å². The van der Waals surface area contributed by atoms with Gasteiger partial charge < -0.3 is 10.2 Å². The van der Waals surface area contributed by atoms with Gasteiger partial charge in [-0.2, -0.15) is 0 Å². The first-order chi connectivity index (χ1) is 15.1. The van der Waals surface area contributed by atoms with E-state index in [1.165, 1.54) is 0 Å². The predicted octanol–water partition coefficient (Wildman–Crippen LogP) is 5.57. The Morgan fingerprint density at radius 3 is 2.23 bits per heavy atom. The van der Waals surface area contributed by atoms with Gasteiger partial charge >= 0.3 is 0 Å². The zero-order valence-corrected chi connectivity index (χ0v) is 18.4. The first-order valence-corrected chi connectivity index (χ1v) is 11.8. The number of amides is 2. The van der Waals surface area contributed by atoms with E-state index in [4.69, 9.17) is 0 Å². The number of nitrogens with zero attached hydrogens (tertiary/aromatic N) is 1. The fourth-order valence-electron chi connectivity index (χ4n) is 3.91. The quantitative estimate of drug-likeness (QED) is 0.539. The molecule has 4 rings (SSSR count). The zero-order chi connectivity index (χ0) is 21.6. The summed E-state index contributed by atoms with van der Waals surface area (Å²) in [5.74, 6) is 0.00569. The molecule has 0 atom stereocenters. The monoisotopic (exact) mass is 430 g/mol.